The summed E-state index contributed by atoms with van der Waals surface area (Å²) in [6, 6.07) is 19.1. The Hall–Kier alpha value is -2.76. The molecule has 31 heavy (non-hydrogen) atoms. The molecule has 1 saturated heterocycles. The van der Waals surface area contributed by atoms with Gasteiger partial charge < -0.3 is 4.74 Å². The van der Waals surface area contributed by atoms with E-state index in [1.54, 1.807) is 18.2 Å². The van der Waals surface area contributed by atoms with E-state index in [1.165, 1.54) is 4.90 Å². The van der Waals surface area contributed by atoms with Crippen molar-refractivity contribution in [1.29, 1.82) is 0 Å². The maximum atomic E-state index is 13.0. The highest BCUT2D eigenvalue weighted by molar-refractivity contribution is 8.18. The molecule has 3 aromatic carbocycles. The smallest absolute Gasteiger partial charge is 0.293 e. The summed E-state index contributed by atoms with van der Waals surface area (Å²) in [6.07, 6.45) is 3.77. The van der Waals surface area contributed by atoms with Crippen LogP contribution in [0.25, 0.3) is 16.8 Å². The van der Waals surface area contributed by atoms with Gasteiger partial charge in [-0.05, 0) is 58.8 Å². The Morgan fingerprint density at radius 2 is 1.81 bits per heavy atom. The lowest BCUT2D eigenvalue weighted by molar-refractivity contribution is -0.123. The molecule has 1 heterocycles. The third kappa shape index (κ3) is 4.78. The molecule has 0 radical (unpaired) electrons. The van der Waals surface area contributed by atoms with Crippen molar-refractivity contribution in [3.63, 3.8) is 0 Å². The van der Waals surface area contributed by atoms with E-state index in [0.29, 0.717) is 16.5 Å². The Morgan fingerprint density at radius 1 is 1.03 bits per heavy atom. The highest BCUT2D eigenvalue weighted by Gasteiger charge is 2.35. The van der Waals surface area contributed by atoms with E-state index in [1.807, 2.05) is 48.5 Å². The van der Waals surface area contributed by atoms with Crippen LogP contribution in [0, 0.1) is 0 Å². The summed E-state index contributed by atoms with van der Waals surface area (Å²) in [5.74, 6) is 0.425. The fourth-order valence-electron chi connectivity index (χ4n) is 3.42. The molecular weight excluding hydrogens is 430 g/mol. The van der Waals surface area contributed by atoms with E-state index in [4.69, 9.17) is 16.3 Å². The van der Waals surface area contributed by atoms with Gasteiger partial charge in [-0.25, -0.2) is 0 Å². The van der Waals surface area contributed by atoms with Crippen LogP contribution in [-0.4, -0.2) is 22.7 Å². The number of halogens is 1. The molecule has 4 nitrogen and oxygen atoms in total. The van der Waals surface area contributed by atoms with Crippen LogP contribution in [0.5, 0.6) is 5.75 Å². The summed E-state index contributed by atoms with van der Waals surface area (Å²) in [4.78, 5) is 27.3. The minimum absolute atomic E-state index is 0.217. The predicted octanol–water partition coefficient (Wildman–Crippen LogP) is 6.91. The average molecular weight is 452 g/mol. The van der Waals surface area contributed by atoms with Gasteiger partial charge in [0, 0.05) is 10.6 Å². The molecule has 1 aliphatic heterocycles. The van der Waals surface area contributed by atoms with Crippen LogP contribution < -0.4 is 4.74 Å². The van der Waals surface area contributed by atoms with Crippen molar-refractivity contribution in [3.8, 4) is 5.75 Å². The predicted molar refractivity (Wildman–Crippen MR) is 127 cm³/mol. The Bertz CT molecular complexity index is 1160. The molecule has 158 valence electrons. The molecule has 4 rings (SSSR count). The fourth-order valence-corrected chi connectivity index (χ4v) is 4.36. The third-order valence-electron chi connectivity index (χ3n) is 5.09. The molecule has 0 N–H and O–H groups in total. The van der Waals surface area contributed by atoms with Crippen LogP contribution >= 0.6 is 23.4 Å². The van der Waals surface area contributed by atoms with Gasteiger partial charge >= 0.3 is 0 Å². The largest absolute Gasteiger partial charge is 0.493 e. The zero-order valence-corrected chi connectivity index (χ0v) is 18.7. The Morgan fingerprint density at radius 3 is 2.58 bits per heavy atom. The number of ether oxygens (including phenoxy) is 1. The highest BCUT2D eigenvalue weighted by atomic mass is 35.5. The first-order chi connectivity index (χ1) is 15.1. The van der Waals surface area contributed by atoms with Crippen LogP contribution in [0.1, 0.15) is 30.9 Å². The molecule has 2 amide bonds. The number of rotatable bonds is 7. The number of thioether (sulfide) groups is 1. The zero-order chi connectivity index (χ0) is 21.8. The Kier molecular flexibility index (Phi) is 6.64. The highest BCUT2D eigenvalue weighted by Crippen LogP contribution is 2.37. The summed E-state index contributed by atoms with van der Waals surface area (Å²) in [5.41, 5.74) is 1.67. The lowest BCUT2D eigenvalue weighted by Gasteiger charge is -2.13. The first-order valence-corrected chi connectivity index (χ1v) is 11.4. The SMILES string of the molecule is CCCCOc1ccc2ccccc2c1/C=C1\SC(=O)N(Cc2ccc(Cl)cc2)C1=O. The van der Waals surface area contributed by atoms with E-state index in [2.05, 4.69) is 6.92 Å². The van der Waals surface area contributed by atoms with Crippen molar-refractivity contribution < 1.29 is 14.3 Å². The van der Waals surface area contributed by atoms with Crippen molar-refractivity contribution in [1.82, 2.24) is 4.90 Å². The first kappa shape index (κ1) is 21.5. The third-order valence-corrected chi connectivity index (χ3v) is 6.25. The molecular formula is C25H22ClNO3S. The number of fused-ring (bicyclic) bond motifs is 1. The quantitative estimate of drug-likeness (QED) is 0.289. The second-order valence-corrected chi connectivity index (χ2v) is 8.72. The monoisotopic (exact) mass is 451 g/mol. The molecule has 0 atom stereocenters. The fraction of sp³-hybridized carbons (Fsp3) is 0.200. The number of carbonyl (C=O) groups excluding carboxylic acids is 2. The van der Waals surface area contributed by atoms with Crippen LogP contribution in [0.4, 0.5) is 4.79 Å². The second kappa shape index (κ2) is 9.58. The van der Waals surface area contributed by atoms with Crippen molar-refractivity contribution in [3.05, 3.63) is 81.7 Å². The van der Waals surface area contributed by atoms with Gasteiger partial charge in [0.05, 0.1) is 18.1 Å². The molecule has 3 aromatic rings. The number of amides is 2. The van der Waals surface area contributed by atoms with E-state index in [9.17, 15) is 9.59 Å². The second-order valence-electron chi connectivity index (χ2n) is 7.29. The van der Waals surface area contributed by atoms with E-state index >= 15 is 0 Å². The van der Waals surface area contributed by atoms with Crippen molar-refractivity contribution in [2.75, 3.05) is 6.61 Å². The molecule has 0 aliphatic carbocycles. The molecule has 0 saturated carbocycles. The van der Waals surface area contributed by atoms with Crippen LogP contribution in [0.15, 0.2) is 65.6 Å². The topological polar surface area (TPSA) is 46.6 Å². The van der Waals surface area contributed by atoms with Crippen LogP contribution in [0.2, 0.25) is 5.02 Å². The minimum atomic E-state index is -0.294. The Labute approximate surface area is 190 Å². The number of hydrogen-bond acceptors (Lipinski definition) is 4. The lowest BCUT2D eigenvalue weighted by atomic mass is 10.0. The molecule has 0 aromatic heterocycles. The maximum Gasteiger partial charge on any atom is 0.293 e. The standard InChI is InChI=1S/C25H22ClNO3S/c1-2-3-14-30-22-13-10-18-6-4-5-7-20(18)21(22)15-23-24(28)27(25(29)31-23)16-17-8-11-19(26)12-9-17/h4-13,15H,2-3,14,16H2,1H3/b23-15-. The number of unbranched alkanes of at least 4 members (excludes halogenated alkanes) is 1. The van der Waals surface area contributed by atoms with E-state index in [-0.39, 0.29) is 17.7 Å². The van der Waals surface area contributed by atoms with Gasteiger partial charge in [0.25, 0.3) is 11.1 Å². The van der Waals surface area contributed by atoms with E-state index < -0.39 is 0 Å². The van der Waals surface area contributed by atoms with Gasteiger partial charge in [-0.3, -0.25) is 14.5 Å². The Balaban J connectivity index is 1.67. The zero-order valence-electron chi connectivity index (χ0n) is 17.1. The number of hydrogen-bond donors (Lipinski definition) is 0. The summed E-state index contributed by atoms with van der Waals surface area (Å²) in [6.45, 7) is 2.93. The van der Waals surface area contributed by atoms with Crippen molar-refractivity contribution in [2.45, 2.75) is 26.3 Å². The molecule has 1 aliphatic rings. The normalized spacial score (nSPS) is 15.3. The molecule has 0 unspecified atom stereocenters. The number of benzene rings is 3. The molecule has 0 bridgehead atoms. The summed E-state index contributed by atoms with van der Waals surface area (Å²) >= 11 is 6.90. The van der Waals surface area contributed by atoms with Gasteiger partial charge in [0.15, 0.2) is 0 Å². The average Bonchev–Trinajstić information content (AvgIpc) is 3.04. The number of nitrogens with zero attached hydrogens (tertiary/aromatic N) is 1. The lowest BCUT2D eigenvalue weighted by Crippen LogP contribution is -2.27. The van der Waals surface area contributed by atoms with Gasteiger partial charge in [-0.1, -0.05) is 67.4 Å². The van der Waals surface area contributed by atoms with Crippen molar-refractivity contribution >= 4 is 51.4 Å². The summed E-state index contributed by atoms with van der Waals surface area (Å²) in [7, 11) is 0. The van der Waals surface area contributed by atoms with E-state index in [0.717, 1.165) is 52.3 Å². The van der Waals surface area contributed by atoms with Crippen LogP contribution in [-0.2, 0) is 11.3 Å². The molecule has 6 heteroatoms. The van der Waals surface area contributed by atoms with Crippen molar-refractivity contribution in [2.24, 2.45) is 0 Å². The van der Waals surface area contributed by atoms with Gasteiger partial charge in [0.1, 0.15) is 5.75 Å². The van der Waals surface area contributed by atoms with Gasteiger partial charge in [-0.2, -0.15) is 0 Å². The van der Waals surface area contributed by atoms with Gasteiger partial charge in [-0.15, -0.1) is 0 Å². The maximum absolute atomic E-state index is 13.0. The molecule has 0 spiro atoms. The summed E-state index contributed by atoms with van der Waals surface area (Å²) < 4.78 is 6.02. The minimum Gasteiger partial charge on any atom is -0.493 e. The number of imide groups is 1. The number of carbonyl (C=O) groups is 2. The first-order valence-electron chi connectivity index (χ1n) is 10.2. The van der Waals surface area contributed by atoms with Crippen LogP contribution in [0.3, 0.4) is 0 Å². The molecule has 1 fully saturated rings. The van der Waals surface area contributed by atoms with Gasteiger partial charge in [0.2, 0.25) is 0 Å². The summed E-state index contributed by atoms with van der Waals surface area (Å²) in [5, 5.41) is 2.38.